The minimum absolute atomic E-state index is 0.0817. The Balaban J connectivity index is 1.57. The minimum Gasteiger partial charge on any atom is -0.496 e. The van der Waals surface area contributed by atoms with E-state index in [-0.39, 0.29) is 11.9 Å². The zero-order valence-electron chi connectivity index (χ0n) is 19.0. The molecule has 0 radical (unpaired) electrons. The second kappa shape index (κ2) is 9.88. The lowest BCUT2D eigenvalue weighted by Gasteiger charge is -2.36. The Labute approximate surface area is 190 Å². The van der Waals surface area contributed by atoms with E-state index in [1.165, 1.54) is 16.7 Å². The van der Waals surface area contributed by atoms with Gasteiger partial charge >= 0.3 is 0 Å². The number of hydrogen-bond donors (Lipinski definition) is 1. The van der Waals surface area contributed by atoms with Crippen LogP contribution in [-0.2, 0) is 13.0 Å². The van der Waals surface area contributed by atoms with E-state index in [9.17, 15) is 4.79 Å². The van der Waals surface area contributed by atoms with E-state index in [4.69, 9.17) is 4.74 Å². The van der Waals surface area contributed by atoms with Gasteiger partial charge in [0, 0.05) is 39.4 Å². The van der Waals surface area contributed by atoms with Crippen molar-refractivity contribution < 1.29 is 9.53 Å². The monoisotopic (exact) mass is 429 g/mol. The van der Waals surface area contributed by atoms with Crippen molar-refractivity contribution in [3.63, 3.8) is 0 Å². The summed E-state index contributed by atoms with van der Waals surface area (Å²) in [7, 11) is 5.68. The lowest BCUT2D eigenvalue weighted by atomic mass is 9.96. The summed E-state index contributed by atoms with van der Waals surface area (Å²) in [5.74, 6) is 0.471. The molecule has 32 heavy (non-hydrogen) atoms. The smallest absolute Gasteiger partial charge is 0.255 e. The Kier molecular flexibility index (Phi) is 6.76. The average molecular weight is 430 g/mol. The van der Waals surface area contributed by atoms with Crippen molar-refractivity contribution in [2.45, 2.75) is 19.0 Å². The molecule has 0 aliphatic carbocycles. The van der Waals surface area contributed by atoms with Crippen LogP contribution in [0.3, 0.4) is 0 Å². The number of carbonyl (C=O) groups is 1. The molecule has 1 unspecified atom stereocenters. The molecule has 5 heteroatoms. The quantitative estimate of drug-likeness (QED) is 0.609. The van der Waals surface area contributed by atoms with Gasteiger partial charge in [-0.05, 0) is 47.4 Å². The first kappa shape index (κ1) is 21.9. The van der Waals surface area contributed by atoms with Crippen LogP contribution in [0.5, 0.6) is 5.75 Å². The molecule has 0 fully saturated rings. The van der Waals surface area contributed by atoms with Crippen molar-refractivity contribution in [2.75, 3.05) is 39.2 Å². The van der Waals surface area contributed by atoms with Gasteiger partial charge in [0.2, 0.25) is 0 Å². The Morgan fingerprint density at radius 3 is 2.41 bits per heavy atom. The Morgan fingerprint density at radius 1 is 1.00 bits per heavy atom. The Hall–Kier alpha value is -3.31. The van der Waals surface area contributed by atoms with E-state index in [0.717, 1.165) is 25.2 Å². The van der Waals surface area contributed by atoms with Crippen LogP contribution in [0, 0.1) is 0 Å². The first-order valence-corrected chi connectivity index (χ1v) is 11.1. The normalized spacial score (nSPS) is 14.3. The van der Waals surface area contributed by atoms with E-state index < -0.39 is 0 Å². The maximum Gasteiger partial charge on any atom is 0.255 e. The van der Waals surface area contributed by atoms with Gasteiger partial charge in [-0.2, -0.15) is 0 Å². The van der Waals surface area contributed by atoms with Gasteiger partial charge in [0.25, 0.3) is 5.91 Å². The molecule has 3 aromatic carbocycles. The molecule has 166 valence electrons. The number of para-hydroxylation sites is 1. The second-order valence-electron chi connectivity index (χ2n) is 8.40. The summed E-state index contributed by atoms with van der Waals surface area (Å²) in [5, 5.41) is 3.16. The number of carbonyl (C=O) groups excluding carboxylic acids is 1. The van der Waals surface area contributed by atoms with Crippen LogP contribution in [0.25, 0.3) is 0 Å². The molecular formula is C27H31N3O2. The van der Waals surface area contributed by atoms with Crippen molar-refractivity contribution in [3.8, 4) is 5.75 Å². The number of benzene rings is 3. The number of rotatable bonds is 7. The molecule has 1 heterocycles. The third-order valence-corrected chi connectivity index (χ3v) is 6.20. The van der Waals surface area contributed by atoms with Gasteiger partial charge in [0.15, 0.2) is 0 Å². The molecule has 0 aromatic heterocycles. The molecular weight excluding hydrogens is 398 g/mol. The van der Waals surface area contributed by atoms with Gasteiger partial charge in [-0.15, -0.1) is 0 Å². The summed E-state index contributed by atoms with van der Waals surface area (Å²) in [4.78, 5) is 17.5. The molecule has 0 spiro atoms. The van der Waals surface area contributed by atoms with Gasteiger partial charge in [-0.25, -0.2) is 0 Å². The maximum absolute atomic E-state index is 13.0. The summed E-state index contributed by atoms with van der Waals surface area (Å²) >= 11 is 0. The molecule has 5 nitrogen and oxygen atoms in total. The van der Waals surface area contributed by atoms with Crippen molar-refractivity contribution in [1.82, 2.24) is 10.2 Å². The van der Waals surface area contributed by atoms with Gasteiger partial charge in [-0.1, -0.05) is 48.5 Å². The summed E-state index contributed by atoms with van der Waals surface area (Å²) in [6.07, 6.45) is 1.02. The van der Waals surface area contributed by atoms with Gasteiger partial charge in [-0.3, -0.25) is 9.69 Å². The zero-order valence-corrected chi connectivity index (χ0v) is 19.0. The lowest BCUT2D eigenvalue weighted by Crippen LogP contribution is -2.40. The largest absolute Gasteiger partial charge is 0.496 e. The topological polar surface area (TPSA) is 44.8 Å². The van der Waals surface area contributed by atoms with Crippen LogP contribution in [0.1, 0.15) is 33.1 Å². The lowest BCUT2D eigenvalue weighted by molar-refractivity contribution is 0.0925. The van der Waals surface area contributed by atoms with Gasteiger partial charge < -0.3 is 15.0 Å². The fraction of sp³-hybridized carbons (Fsp3) is 0.296. The summed E-state index contributed by atoms with van der Waals surface area (Å²) in [6.45, 7) is 2.36. The second-order valence-corrected chi connectivity index (χ2v) is 8.40. The number of hydrogen-bond acceptors (Lipinski definition) is 4. The van der Waals surface area contributed by atoms with Crippen LogP contribution in [-0.4, -0.2) is 45.1 Å². The van der Waals surface area contributed by atoms with Crippen LogP contribution >= 0.6 is 0 Å². The third kappa shape index (κ3) is 4.78. The van der Waals surface area contributed by atoms with E-state index in [0.29, 0.717) is 17.9 Å². The SMILES string of the molecule is COc1ccccc1C(=O)NCC(c1ccc(N(C)C)cc1)N1CCc2ccccc2C1. The molecule has 1 atom stereocenters. The minimum atomic E-state index is -0.116. The molecule has 0 saturated heterocycles. The van der Waals surface area contributed by atoms with Crippen LogP contribution < -0.4 is 15.0 Å². The Morgan fingerprint density at radius 2 is 1.69 bits per heavy atom. The van der Waals surface area contributed by atoms with Crippen LogP contribution in [0.15, 0.2) is 72.8 Å². The highest BCUT2D eigenvalue weighted by molar-refractivity contribution is 5.96. The highest BCUT2D eigenvalue weighted by Crippen LogP contribution is 2.29. The molecule has 1 aliphatic rings. The van der Waals surface area contributed by atoms with E-state index in [2.05, 4.69) is 63.6 Å². The first-order valence-electron chi connectivity index (χ1n) is 11.1. The van der Waals surface area contributed by atoms with Crippen molar-refractivity contribution in [2.24, 2.45) is 0 Å². The number of amides is 1. The number of nitrogens with one attached hydrogen (secondary N) is 1. The molecule has 0 bridgehead atoms. The summed E-state index contributed by atoms with van der Waals surface area (Å²) in [6, 6.07) is 24.7. The van der Waals surface area contributed by atoms with Crippen molar-refractivity contribution >= 4 is 11.6 Å². The van der Waals surface area contributed by atoms with Crippen molar-refractivity contribution in [3.05, 3.63) is 95.1 Å². The third-order valence-electron chi connectivity index (χ3n) is 6.20. The van der Waals surface area contributed by atoms with Crippen LogP contribution in [0.2, 0.25) is 0 Å². The fourth-order valence-electron chi connectivity index (χ4n) is 4.35. The maximum atomic E-state index is 13.0. The summed E-state index contributed by atoms with van der Waals surface area (Å²) < 4.78 is 5.37. The molecule has 4 rings (SSSR count). The number of nitrogens with zero attached hydrogens (tertiary/aromatic N) is 2. The highest BCUT2D eigenvalue weighted by Gasteiger charge is 2.26. The van der Waals surface area contributed by atoms with Gasteiger partial charge in [0.1, 0.15) is 5.75 Å². The van der Waals surface area contributed by atoms with E-state index >= 15 is 0 Å². The number of anilines is 1. The highest BCUT2D eigenvalue weighted by atomic mass is 16.5. The van der Waals surface area contributed by atoms with Gasteiger partial charge in [0.05, 0.1) is 18.7 Å². The Bertz CT molecular complexity index is 1060. The fourth-order valence-corrected chi connectivity index (χ4v) is 4.35. The molecule has 0 saturated carbocycles. The van der Waals surface area contributed by atoms with Crippen LogP contribution in [0.4, 0.5) is 5.69 Å². The predicted molar refractivity (Wildman–Crippen MR) is 129 cm³/mol. The zero-order chi connectivity index (χ0) is 22.5. The number of methoxy groups -OCH3 is 1. The average Bonchev–Trinajstić information content (AvgIpc) is 2.84. The van der Waals surface area contributed by atoms with E-state index in [1.54, 1.807) is 13.2 Å². The summed E-state index contributed by atoms with van der Waals surface area (Å²) in [5.41, 5.74) is 5.71. The van der Waals surface area contributed by atoms with E-state index in [1.807, 2.05) is 32.3 Å². The van der Waals surface area contributed by atoms with Crippen molar-refractivity contribution in [1.29, 1.82) is 0 Å². The predicted octanol–water partition coefficient (Wildman–Crippen LogP) is 4.29. The molecule has 1 amide bonds. The standard InChI is InChI=1S/C27H31N3O2/c1-29(2)23-14-12-21(13-15-23)25(30-17-16-20-8-4-5-9-22(20)19-30)18-28-27(31)24-10-6-7-11-26(24)32-3/h4-15,25H,16-19H2,1-3H3,(H,28,31). The first-order chi connectivity index (χ1) is 15.6. The number of ether oxygens (including phenoxy) is 1. The number of fused-ring (bicyclic) bond motifs is 1. The molecule has 1 aliphatic heterocycles. The molecule has 1 N–H and O–H groups in total. The molecule has 3 aromatic rings.